The number of carboxylic acid groups (broad SMARTS) is 2. The fourth-order valence-electron chi connectivity index (χ4n) is 3.61. The monoisotopic (exact) mass is 487 g/mol. The molecule has 1 aliphatic rings. The van der Waals surface area contributed by atoms with Gasteiger partial charge in [0.2, 0.25) is 12.4 Å². The molecule has 2 heterocycles. The number of H-pyrrole nitrogens is 1. The molecule has 2 atom stereocenters. The number of rotatable bonds is 11. The zero-order valence-electron chi connectivity index (χ0n) is 18.5. The average Bonchev–Trinajstić information content (AvgIpc) is 2.81. The highest BCUT2D eigenvalue weighted by atomic mass is 16.4. The van der Waals surface area contributed by atoms with Crippen molar-refractivity contribution in [2.45, 2.75) is 31.3 Å². The van der Waals surface area contributed by atoms with E-state index in [-0.39, 0.29) is 41.9 Å². The SMILES string of the molecule is Nc1nc2c(c(=O)[nH]1)N(C=O)[C@@H](CCNc1ccc(C(=O)N[C@@H](CCC(=O)O)C(=O)O)cc1)CN2. The Morgan fingerprint density at radius 2 is 1.97 bits per heavy atom. The van der Waals surface area contributed by atoms with Crippen molar-refractivity contribution in [3.63, 3.8) is 0 Å². The summed E-state index contributed by atoms with van der Waals surface area (Å²) in [5.41, 5.74) is 6.01. The van der Waals surface area contributed by atoms with Crippen LogP contribution < -0.4 is 32.1 Å². The van der Waals surface area contributed by atoms with E-state index in [4.69, 9.17) is 10.8 Å². The molecule has 2 aromatic rings. The van der Waals surface area contributed by atoms with Crippen LogP contribution in [0.2, 0.25) is 0 Å². The first kappa shape index (κ1) is 25.0. The highest BCUT2D eigenvalue weighted by Gasteiger charge is 2.29. The maximum Gasteiger partial charge on any atom is 0.326 e. The number of nitrogens with zero attached hydrogens (tertiary/aromatic N) is 2. The van der Waals surface area contributed by atoms with Crippen molar-refractivity contribution in [2.75, 3.05) is 34.4 Å². The number of hydrogen-bond donors (Lipinski definition) is 7. The number of aromatic amines is 1. The zero-order chi connectivity index (χ0) is 25.5. The third kappa shape index (κ3) is 6.25. The Hall–Kier alpha value is -4.62. The fourth-order valence-corrected chi connectivity index (χ4v) is 3.61. The summed E-state index contributed by atoms with van der Waals surface area (Å²) in [5.74, 6) is -2.92. The summed E-state index contributed by atoms with van der Waals surface area (Å²) in [6, 6.07) is 4.63. The van der Waals surface area contributed by atoms with Gasteiger partial charge in [-0.05, 0) is 37.1 Å². The van der Waals surface area contributed by atoms with Gasteiger partial charge in [0.05, 0.1) is 6.04 Å². The molecule has 0 saturated carbocycles. The minimum atomic E-state index is -1.32. The van der Waals surface area contributed by atoms with Crippen molar-refractivity contribution in [2.24, 2.45) is 0 Å². The van der Waals surface area contributed by atoms with E-state index in [9.17, 15) is 29.1 Å². The predicted octanol–water partition coefficient (Wildman–Crippen LogP) is -0.341. The van der Waals surface area contributed by atoms with Gasteiger partial charge in [0, 0.05) is 30.8 Å². The Balaban J connectivity index is 1.55. The van der Waals surface area contributed by atoms with Crippen LogP contribution in [0.5, 0.6) is 0 Å². The van der Waals surface area contributed by atoms with E-state index < -0.39 is 29.4 Å². The van der Waals surface area contributed by atoms with Crippen molar-refractivity contribution in [3.8, 4) is 0 Å². The van der Waals surface area contributed by atoms with Gasteiger partial charge in [-0.15, -0.1) is 0 Å². The van der Waals surface area contributed by atoms with Crippen LogP contribution in [0.3, 0.4) is 0 Å². The zero-order valence-corrected chi connectivity index (χ0v) is 18.5. The molecule has 2 amide bonds. The van der Waals surface area contributed by atoms with E-state index in [1.165, 1.54) is 17.0 Å². The van der Waals surface area contributed by atoms with Gasteiger partial charge in [0.1, 0.15) is 6.04 Å². The van der Waals surface area contributed by atoms with Gasteiger partial charge in [-0.1, -0.05) is 0 Å². The van der Waals surface area contributed by atoms with Crippen LogP contribution in [0.25, 0.3) is 0 Å². The summed E-state index contributed by atoms with van der Waals surface area (Å²) in [5, 5.41) is 26.4. The lowest BCUT2D eigenvalue weighted by atomic mass is 10.1. The second-order valence-electron chi connectivity index (χ2n) is 7.79. The molecule has 8 N–H and O–H groups in total. The van der Waals surface area contributed by atoms with Crippen molar-refractivity contribution in [1.82, 2.24) is 15.3 Å². The molecule has 186 valence electrons. The fraction of sp³-hybridized carbons (Fsp3) is 0.333. The largest absolute Gasteiger partial charge is 0.481 e. The number of nitrogens with one attached hydrogen (secondary N) is 4. The van der Waals surface area contributed by atoms with E-state index in [2.05, 4.69) is 25.9 Å². The summed E-state index contributed by atoms with van der Waals surface area (Å²) < 4.78 is 0. The highest BCUT2D eigenvalue weighted by molar-refractivity contribution is 5.97. The maximum absolute atomic E-state index is 12.3. The first-order valence-corrected chi connectivity index (χ1v) is 10.7. The summed E-state index contributed by atoms with van der Waals surface area (Å²) in [4.78, 5) is 65.8. The van der Waals surface area contributed by atoms with Gasteiger partial charge in [-0.25, -0.2) is 4.79 Å². The van der Waals surface area contributed by atoms with Gasteiger partial charge in [-0.2, -0.15) is 4.98 Å². The Bertz CT molecular complexity index is 1170. The molecular formula is C21H25N7O7. The number of aliphatic carboxylic acids is 2. The first-order valence-electron chi connectivity index (χ1n) is 10.7. The second kappa shape index (κ2) is 11.0. The lowest BCUT2D eigenvalue weighted by Crippen LogP contribution is -2.47. The van der Waals surface area contributed by atoms with Crippen molar-refractivity contribution in [1.29, 1.82) is 0 Å². The molecular weight excluding hydrogens is 462 g/mol. The minimum absolute atomic E-state index is 0.0527. The van der Waals surface area contributed by atoms with E-state index in [1.54, 1.807) is 12.1 Å². The summed E-state index contributed by atoms with van der Waals surface area (Å²) in [6.45, 7) is 0.809. The average molecular weight is 487 g/mol. The number of hydrogen-bond acceptors (Lipinski definition) is 9. The number of benzene rings is 1. The number of fused-ring (bicyclic) bond motifs is 1. The molecule has 0 aliphatic carbocycles. The first-order chi connectivity index (χ1) is 16.7. The maximum atomic E-state index is 12.3. The van der Waals surface area contributed by atoms with Crippen LogP contribution in [0.1, 0.15) is 29.6 Å². The quantitative estimate of drug-likeness (QED) is 0.203. The van der Waals surface area contributed by atoms with Crippen LogP contribution in [0.4, 0.5) is 23.1 Å². The van der Waals surface area contributed by atoms with E-state index in [0.29, 0.717) is 31.6 Å². The standard InChI is InChI=1S/C21H25N7O7/c22-21-26-17-16(19(33)27-21)28(10-29)13(9-24-17)7-8-23-12-3-1-11(2-4-12)18(32)25-14(20(34)35)5-6-15(30)31/h1-4,10,13-14,23H,5-9H2,(H,25,32)(H,30,31)(H,34,35)(H4,22,24,26,27,33)/t13-,14-/m0/s1. The number of carbonyl (C=O) groups is 4. The van der Waals surface area contributed by atoms with Crippen molar-refractivity contribution in [3.05, 3.63) is 40.2 Å². The van der Waals surface area contributed by atoms with Gasteiger partial charge < -0.3 is 36.8 Å². The minimum Gasteiger partial charge on any atom is -0.481 e. The Morgan fingerprint density at radius 3 is 2.60 bits per heavy atom. The molecule has 0 radical (unpaired) electrons. The highest BCUT2D eigenvalue weighted by Crippen LogP contribution is 2.26. The number of aromatic nitrogens is 2. The molecule has 14 heteroatoms. The summed E-state index contributed by atoms with van der Waals surface area (Å²) in [7, 11) is 0. The molecule has 0 saturated heterocycles. The molecule has 0 bridgehead atoms. The number of nitrogens with two attached hydrogens (primary N) is 1. The molecule has 3 rings (SSSR count). The van der Waals surface area contributed by atoms with Crippen LogP contribution in [-0.2, 0) is 14.4 Å². The smallest absolute Gasteiger partial charge is 0.326 e. The molecule has 35 heavy (non-hydrogen) atoms. The van der Waals surface area contributed by atoms with Crippen molar-refractivity contribution < 1.29 is 29.4 Å². The van der Waals surface area contributed by atoms with Gasteiger partial charge in [-0.3, -0.25) is 24.2 Å². The van der Waals surface area contributed by atoms with E-state index in [0.717, 1.165) is 0 Å². The second-order valence-corrected chi connectivity index (χ2v) is 7.79. The Kier molecular flexibility index (Phi) is 7.86. The van der Waals surface area contributed by atoms with Crippen LogP contribution in [0.15, 0.2) is 29.1 Å². The number of carbonyl (C=O) groups excluding carboxylic acids is 2. The number of nitrogen functional groups attached to an aromatic ring is 1. The van der Waals surface area contributed by atoms with Gasteiger partial charge >= 0.3 is 11.9 Å². The van der Waals surface area contributed by atoms with Crippen molar-refractivity contribution >= 4 is 47.4 Å². The number of amides is 2. The van der Waals surface area contributed by atoms with E-state index >= 15 is 0 Å². The van der Waals surface area contributed by atoms with Crippen LogP contribution in [0, 0.1) is 0 Å². The Morgan fingerprint density at radius 1 is 1.26 bits per heavy atom. The van der Waals surface area contributed by atoms with Gasteiger partial charge in [0.15, 0.2) is 11.5 Å². The summed E-state index contributed by atoms with van der Waals surface area (Å²) in [6.07, 6.45) is 0.444. The molecule has 0 spiro atoms. The topological polar surface area (TPSA) is 220 Å². The normalized spacial score (nSPS) is 15.3. The molecule has 1 aliphatic heterocycles. The van der Waals surface area contributed by atoms with Crippen LogP contribution >= 0.6 is 0 Å². The van der Waals surface area contributed by atoms with E-state index in [1.807, 2.05) is 0 Å². The number of carboxylic acids is 2. The number of anilines is 4. The molecule has 14 nitrogen and oxygen atoms in total. The Labute approximate surface area is 198 Å². The van der Waals surface area contributed by atoms with Crippen LogP contribution in [-0.4, -0.2) is 69.6 Å². The lowest BCUT2D eigenvalue weighted by Gasteiger charge is -2.33. The third-order valence-electron chi connectivity index (χ3n) is 5.39. The third-order valence-corrected chi connectivity index (χ3v) is 5.39. The molecule has 0 unspecified atom stereocenters. The molecule has 1 aromatic carbocycles. The van der Waals surface area contributed by atoms with Gasteiger partial charge in [0.25, 0.3) is 11.5 Å². The lowest BCUT2D eigenvalue weighted by molar-refractivity contribution is -0.140. The molecule has 1 aromatic heterocycles. The molecule has 0 fully saturated rings. The predicted molar refractivity (Wildman–Crippen MR) is 125 cm³/mol. The summed E-state index contributed by atoms with van der Waals surface area (Å²) >= 11 is 0.